The molecule has 0 atom stereocenters. The van der Waals surface area contributed by atoms with Gasteiger partial charge in [-0.05, 0) is 30.5 Å². The first-order chi connectivity index (χ1) is 9.70. The fourth-order valence-corrected chi connectivity index (χ4v) is 3.04. The molecule has 1 aliphatic rings. The highest BCUT2D eigenvalue weighted by Gasteiger charge is 2.24. The lowest BCUT2D eigenvalue weighted by Gasteiger charge is -2.11. The predicted octanol–water partition coefficient (Wildman–Crippen LogP) is 4.56. The minimum atomic E-state index is 0.347. The molecule has 4 nitrogen and oxygen atoms in total. The number of nitrogens with two attached hydrogens (primary N) is 1. The van der Waals surface area contributed by atoms with Crippen LogP contribution in [0.3, 0.4) is 0 Å². The van der Waals surface area contributed by atoms with Crippen LogP contribution in [0.5, 0.6) is 0 Å². The Kier molecular flexibility index (Phi) is 3.49. The van der Waals surface area contributed by atoms with E-state index >= 15 is 0 Å². The maximum absolute atomic E-state index is 7.38. The van der Waals surface area contributed by atoms with Gasteiger partial charge in [-0.25, -0.2) is 4.85 Å². The van der Waals surface area contributed by atoms with E-state index in [9.17, 15) is 0 Å². The van der Waals surface area contributed by atoms with Gasteiger partial charge in [0.2, 0.25) is 0 Å². The van der Waals surface area contributed by atoms with E-state index in [1.165, 1.54) is 12.8 Å². The standard InChI is InChI=1S/C15H15BrN4/c1-18-14-13(10-6-8-11(16)9-7-10)19-20(15(14)17)12-4-2-3-5-12/h6-9,12H,2-5,17H2. The molecule has 1 fully saturated rings. The molecule has 0 spiro atoms. The number of hydrogen-bond acceptors (Lipinski definition) is 2. The molecule has 1 aliphatic carbocycles. The monoisotopic (exact) mass is 330 g/mol. The molecule has 0 saturated heterocycles. The van der Waals surface area contributed by atoms with Crippen LogP contribution < -0.4 is 5.73 Å². The van der Waals surface area contributed by atoms with Gasteiger partial charge in [0.25, 0.3) is 5.69 Å². The van der Waals surface area contributed by atoms with Crippen LogP contribution in [0.15, 0.2) is 28.7 Å². The minimum Gasteiger partial charge on any atom is -0.393 e. The fraction of sp³-hybridized carbons (Fsp3) is 0.333. The Morgan fingerprint density at radius 2 is 1.90 bits per heavy atom. The highest BCUT2D eigenvalue weighted by atomic mass is 79.9. The van der Waals surface area contributed by atoms with E-state index in [-0.39, 0.29) is 0 Å². The maximum Gasteiger partial charge on any atom is 0.254 e. The molecule has 1 saturated carbocycles. The average Bonchev–Trinajstić information content (AvgIpc) is 3.07. The number of nitrogen functional groups attached to an aromatic ring is 1. The van der Waals surface area contributed by atoms with Gasteiger partial charge < -0.3 is 5.73 Å². The molecule has 0 bridgehead atoms. The SMILES string of the molecule is [C-]#[N+]c1c(-c2ccc(Br)cc2)nn(C2CCCC2)c1N. The molecule has 2 aromatic rings. The molecule has 0 unspecified atom stereocenters. The lowest BCUT2D eigenvalue weighted by molar-refractivity contribution is 0.475. The second-order valence-electron chi connectivity index (χ2n) is 5.08. The van der Waals surface area contributed by atoms with Crippen molar-refractivity contribution in [1.29, 1.82) is 0 Å². The molecule has 1 heterocycles. The lowest BCUT2D eigenvalue weighted by atomic mass is 10.1. The normalized spacial score (nSPS) is 15.4. The molecule has 1 aromatic heterocycles. The summed E-state index contributed by atoms with van der Waals surface area (Å²) in [4.78, 5) is 3.59. The summed E-state index contributed by atoms with van der Waals surface area (Å²) in [6.45, 7) is 7.38. The van der Waals surface area contributed by atoms with E-state index in [4.69, 9.17) is 12.3 Å². The van der Waals surface area contributed by atoms with E-state index in [1.54, 1.807) is 0 Å². The minimum absolute atomic E-state index is 0.347. The number of aromatic nitrogens is 2. The number of anilines is 1. The summed E-state index contributed by atoms with van der Waals surface area (Å²) in [7, 11) is 0. The first-order valence-corrected chi connectivity index (χ1v) is 7.51. The van der Waals surface area contributed by atoms with Crippen molar-refractivity contribution >= 4 is 27.4 Å². The van der Waals surface area contributed by atoms with Crippen LogP contribution in [0.4, 0.5) is 11.5 Å². The van der Waals surface area contributed by atoms with E-state index in [0.29, 0.717) is 23.2 Å². The summed E-state index contributed by atoms with van der Waals surface area (Å²) >= 11 is 3.42. The Morgan fingerprint density at radius 1 is 1.25 bits per heavy atom. The van der Waals surface area contributed by atoms with Crippen LogP contribution in [0, 0.1) is 6.57 Å². The summed E-state index contributed by atoms with van der Waals surface area (Å²) in [6.07, 6.45) is 4.63. The van der Waals surface area contributed by atoms with Gasteiger partial charge in [0.1, 0.15) is 11.5 Å². The van der Waals surface area contributed by atoms with Gasteiger partial charge in [0.15, 0.2) is 0 Å². The zero-order chi connectivity index (χ0) is 14.1. The van der Waals surface area contributed by atoms with Crippen LogP contribution in [0.2, 0.25) is 0 Å². The molecule has 3 rings (SSSR count). The van der Waals surface area contributed by atoms with Crippen molar-refractivity contribution in [3.8, 4) is 11.3 Å². The molecule has 102 valence electrons. The molecular weight excluding hydrogens is 316 g/mol. The van der Waals surface area contributed by atoms with Crippen molar-refractivity contribution in [3.05, 3.63) is 40.2 Å². The van der Waals surface area contributed by atoms with Crippen LogP contribution in [0.25, 0.3) is 16.1 Å². The van der Waals surface area contributed by atoms with Crippen LogP contribution in [-0.4, -0.2) is 9.78 Å². The van der Waals surface area contributed by atoms with Crippen molar-refractivity contribution in [1.82, 2.24) is 9.78 Å². The molecule has 0 amide bonds. The third-order valence-electron chi connectivity index (χ3n) is 3.82. The van der Waals surface area contributed by atoms with Gasteiger partial charge in [-0.15, -0.1) is 0 Å². The predicted molar refractivity (Wildman–Crippen MR) is 83.5 cm³/mol. The quantitative estimate of drug-likeness (QED) is 0.820. The summed E-state index contributed by atoms with van der Waals surface area (Å²) in [6, 6.07) is 8.17. The summed E-state index contributed by atoms with van der Waals surface area (Å²) in [5.41, 5.74) is 8.24. The number of rotatable bonds is 2. The zero-order valence-corrected chi connectivity index (χ0v) is 12.6. The maximum atomic E-state index is 7.38. The van der Waals surface area contributed by atoms with Crippen LogP contribution >= 0.6 is 15.9 Å². The molecule has 2 N–H and O–H groups in total. The smallest absolute Gasteiger partial charge is 0.254 e. The van der Waals surface area contributed by atoms with Crippen molar-refractivity contribution < 1.29 is 0 Å². The third-order valence-corrected chi connectivity index (χ3v) is 4.35. The van der Waals surface area contributed by atoms with Crippen molar-refractivity contribution in [2.45, 2.75) is 31.7 Å². The fourth-order valence-electron chi connectivity index (χ4n) is 2.78. The van der Waals surface area contributed by atoms with Crippen molar-refractivity contribution in [2.75, 3.05) is 5.73 Å². The molecule has 0 radical (unpaired) electrons. The Bertz CT molecular complexity index is 660. The van der Waals surface area contributed by atoms with Crippen LogP contribution in [-0.2, 0) is 0 Å². The average molecular weight is 331 g/mol. The third kappa shape index (κ3) is 2.20. The van der Waals surface area contributed by atoms with Gasteiger partial charge in [-0.3, -0.25) is 4.68 Å². The highest BCUT2D eigenvalue weighted by molar-refractivity contribution is 9.10. The Morgan fingerprint density at radius 3 is 2.50 bits per heavy atom. The van der Waals surface area contributed by atoms with Gasteiger partial charge in [-0.2, -0.15) is 5.10 Å². The van der Waals surface area contributed by atoms with E-state index in [2.05, 4.69) is 25.9 Å². The molecule has 20 heavy (non-hydrogen) atoms. The summed E-state index contributed by atoms with van der Waals surface area (Å²) in [5.74, 6) is 0.504. The second kappa shape index (κ2) is 5.29. The van der Waals surface area contributed by atoms with Crippen molar-refractivity contribution in [3.63, 3.8) is 0 Å². The number of nitrogens with zero attached hydrogens (tertiary/aromatic N) is 3. The van der Waals surface area contributed by atoms with E-state index in [1.807, 2.05) is 28.9 Å². The van der Waals surface area contributed by atoms with E-state index < -0.39 is 0 Å². The zero-order valence-electron chi connectivity index (χ0n) is 11.0. The van der Waals surface area contributed by atoms with Gasteiger partial charge in [0, 0.05) is 4.47 Å². The Balaban J connectivity index is 2.09. The molecular formula is C15H15BrN4. The number of hydrogen-bond donors (Lipinski definition) is 1. The Hall–Kier alpha value is -1.80. The second-order valence-corrected chi connectivity index (χ2v) is 6.00. The van der Waals surface area contributed by atoms with E-state index in [0.717, 1.165) is 22.9 Å². The summed E-state index contributed by atoms with van der Waals surface area (Å²) in [5, 5.41) is 4.63. The summed E-state index contributed by atoms with van der Waals surface area (Å²) < 4.78 is 2.87. The number of halogens is 1. The first-order valence-electron chi connectivity index (χ1n) is 6.72. The van der Waals surface area contributed by atoms with Crippen LogP contribution in [0.1, 0.15) is 31.7 Å². The number of benzene rings is 1. The molecule has 5 heteroatoms. The lowest BCUT2D eigenvalue weighted by Crippen LogP contribution is -2.09. The van der Waals surface area contributed by atoms with Gasteiger partial charge in [0.05, 0.1) is 12.6 Å². The topological polar surface area (TPSA) is 48.2 Å². The van der Waals surface area contributed by atoms with Gasteiger partial charge >= 0.3 is 0 Å². The highest BCUT2D eigenvalue weighted by Crippen LogP contribution is 2.40. The molecule has 1 aromatic carbocycles. The van der Waals surface area contributed by atoms with Gasteiger partial charge in [-0.1, -0.05) is 40.9 Å². The molecule has 0 aliphatic heterocycles. The van der Waals surface area contributed by atoms with Crippen molar-refractivity contribution in [2.24, 2.45) is 0 Å². The first kappa shape index (κ1) is 13.2. The Labute approximate surface area is 126 Å². The largest absolute Gasteiger partial charge is 0.393 e.